The van der Waals surface area contributed by atoms with E-state index in [1.807, 2.05) is 45.0 Å². The van der Waals surface area contributed by atoms with E-state index in [2.05, 4.69) is 6.58 Å². The van der Waals surface area contributed by atoms with Crippen LogP contribution in [0.5, 0.6) is 5.75 Å². The van der Waals surface area contributed by atoms with E-state index in [4.69, 9.17) is 23.7 Å². The highest BCUT2D eigenvalue weighted by atomic mass is 16.7. The summed E-state index contributed by atoms with van der Waals surface area (Å²) in [5.41, 5.74) is 0.360. The molecule has 0 amide bonds. The van der Waals surface area contributed by atoms with E-state index in [1.54, 1.807) is 20.3 Å². The molecule has 0 aromatic heterocycles. The lowest BCUT2D eigenvalue weighted by molar-refractivity contribution is -0.334. The number of aliphatic hydroxyl groups is 2. The minimum atomic E-state index is -1.08. The van der Waals surface area contributed by atoms with Gasteiger partial charge in [0, 0.05) is 24.9 Å². The molecule has 1 aromatic rings. The Morgan fingerprint density at radius 3 is 2.47 bits per heavy atom. The average Bonchev–Trinajstić information content (AvgIpc) is 2.97. The molecule has 2 N–H and O–H groups in total. The van der Waals surface area contributed by atoms with Crippen LogP contribution in [0.4, 0.5) is 0 Å². The molecule has 1 aromatic carbocycles. The highest BCUT2D eigenvalue weighted by molar-refractivity contribution is 5.26. The van der Waals surface area contributed by atoms with Gasteiger partial charge in [0.15, 0.2) is 5.79 Å². The highest BCUT2D eigenvalue weighted by Gasteiger charge is 2.66. The Balaban J connectivity index is 1.89. The fourth-order valence-electron chi connectivity index (χ4n) is 4.88. The summed E-state index contributed by atoms with van der Waals surface area (Å²) in [5.74, 6) is -0.345. The van der Waals surface area contributed by atoms with Crippen LogP contribution in [0, 0.1) is 11.3 Å². The minimum absolute atomic E-state index is 0.0493. The molecule has 180 valence electrons. The quantitative estimate of drug-likeness (QED) is 0.559. The molecule has 2 fully saturated rings. The number of hydrogen-bond acceptors (Lipinski definition) is 7. The molecular weight excluding hydrogens is 412 g/mol. The van der Waals surface area contributed by atoms with Crippen LogP contribution in [0.1, 0.15) is 39.2 Å². The van der Waals surface area contributed by atoms with E-state index in [1.165, 1.54) is 0 Å². The molecule has 0 radical (unpaired) electrons. The summed E-state index contributed by atoms with van der Waals surface area (Å²) < 4.78 is 30.3. The minimum Gasteiger partial charge on any atom is -0.497 e. The summed E-state index contributed by atoms with van der Waals surface area (Å²) in [4.78, 5) is 0. The Kier molecular flexibility index (Phi) is 8.02. The van der Waals surface area contributed by atoms with E-state index in [0.29, 0.717) is 19.4 Å². The van der Waals surface area contributed by atoms with Crippen molar-refractivity contribution in [3.8, 4) is 5.75 Å². The van der Waals surface area contributed by atoms with Gasteiger partial charge in [-0.3, -0.25) is 0 Å². The molecule has 0 bridgehead atoms. The first-order valence-electron chi connectivity index (χ1n) is 11.3. The summed E-state index contributed by atoms with van der Waals surface area (Å²) in [6.45, 7) is 10.0. The normalized spacial score (nSPS) is 35.0. The zero-order valence-electron chi connectivity index (χ0n) is 19.8. The van der Waals surface area contributed by atoms with Crippen LogP contribution in [-0.4, -0.2) is 67.3 Å². The molecule has 7 atom stereocenters. The fourth-order valence-corrected chi connectivity index (χ4v) is 4.88. The molecule has 32 heavy (non-hydrogen) atoms. The Morgan fingerprint density at radius 1 is 1.22 bits per heavy atom. The first-order chi connectivity index (χ1) is 15.2. The van der Waals surface area contributed by atoms with Crippen LogP contribution >= 0.6 is 0 Å². The molecular formula is C25H38O7. The van der Waals surface area contributed by atoms with Gasteiger partial charge in [0.05, 0.1) is 38.6 Å². The van der Waals surface area contributed by atoms with Crippen LogP contribution in [0.25, 0.3) is 0 Å². The summed E-state index contributed by atoms with van der Waals surface area (Å²) in [5, 5.41) is 20.8. The van der Waals surface area contributed by atoms with Gasteiger partial charge >= 0.3 is 0 Å². The molecule has 0 saturated carbocycles. The third-order valence-electron chi connectivity index (χ3n) is 7.17. The van der Waals surface area contributed by atoms with Gasteiger partial charge in [-0.1, -0.05) is 39.0 Å². The Bertz CT molecular complexity index is 745. The summed E-state index contributed by atoms with van der Waals surface area (Å²) in [6.07, 6.45) is 0.304. The van der Waals surface area contributed by atoms with Crippen LogP contribution < -0.4 is 4.74 Å². The van der Waals surface area contributed by atoms with Crippen LogP contribution in [0.2, 0.25) is 0 Å². The summed E-state index contributed by atoms with van der Waals surface area (Å²) in [7, 11) is 3.18. The number of benzene rings is 1. The number of hydrogen-bond donors (Lipinski definition) is 2. The Labute approximate surface area is 191 Å². The lowest BCUT2D eigenvalue weighted by Gasteiger charge is -2.50. The molecule has 1 spiro atoms. The van der Waals surface area contributed by atoms with Crippen molar-refractivity contribution in [1.29, 1.82) is 0 Å². The van der Waals surface area contributed by atoms with Crippen LogP contribution in [0.15, 0.2) is 36.9 Å². The highest BCUT2D eigenvalue weighted by Crippen LogP contribution is 2.55. The maximum Gasteiger partial charge on any atom is 0.179 e. The van der Waals surface area contributed by atoms with Gasteiger partial charge < -0.3 is 33.9 Å². The molecule has 7 heteroatoms. The second-order valence-corrected chi connectivity index (χ2v) is 9.40. The van der Waals surface area contributed by atoms with E-state index in [-0.39, 0.29) is 18.6 Å². The van der Waals surface area contributed by atoms with Gasteiger partial charge in [0.25, 0.3) is 0 Å². The second kappa shape index (κ2) is 10.2. The molecule has 7 nitrogen and oxygen atoms in total. The molecule has 3 rings (SSSR count). The van der Waals surface area contributed by atoms with Gasteiger partial charge in [0.1, 0.15) is 18.0 Å². The van der Waals surface area contributed by atoms with Crippen molar-refractivity contribution < 1.29 is 33.9 Å². The second-order valence-electron chi connectivity index (χ2n) is 9.40. The first-order valence-corrected chi connectivity index (χ1v) is 11.3. The maximum atomic E-state index is 10.9. The van der Waals surface area contributed by atoms with E-state index in [9.17, 15) is 10.2 Å². The standard InChI is InChI=1S/C25H38O7/c1-7-8-20-16(2)19(27)13-25(31-20)24(3,4)23(22(32-25)21(14-26)29-6)30-15-17-9-11-18(28-5)12-10-17/h7,9-12,16,19-23,26-27H,1,8,13-15H2,2-6H3/t16-,19+,20-,21-,22+,23-,25-/m0/s1. The number of aliphatic hydroxyl groups excluding tert-OH is 2. The summed E-state index contributed by atoms with van der Waals surface area (Å²) >= 11 is 0. The van der Waals surface area contributed by atoms with Gasteiger partial charge in [-0.2, -0.15) is 0 Å². The molecule has 2 saturated heterocycles. The third kappa shape index (κ3) is 4.60. The van der Waals surface area contributed by atoms with E-state index < -0.39 is 35.6 Å². The van der Waals surface area contributed by atoms with Gasteiger partial charge in [-0.15, -0.1) is 6.58 Å². The lowest BCUT2D eigenvalue weighted by Crippen LogP contribution is -2.58. The van der Waals surface area contributed by atoms with Crippen molar-refractivity contribution >= 4 is 0 Å². The maximum absolute atomic E-state index is 10.9. The zero-order chi connectivity index (χ0) is 23.5. The number of methoxy groups -OCH3 is 2. The number of ether oxygens (including phenoxy) is 5. The van der Waals surface area contributed by atoms with Gasteiger partial charge in [-0.25, -0.2) is 0 Å². The van der Waals surface area contributed by atoms with Crippen molar-refractivity contribution in [3.05, 3.63) is 42.5 Å². The summed E-state index contributed by atoms with van der Waals surface area (Å²) in [6, 6.07) is 7.69. The largest absolute Gasteiger partial charge is 0.497 e. The third-order valence-corrected chi connectivity index (χ3v) is 7.17. The first kappa shape index (κ1) is 25.1. The van der Waals surface area contributed by atoms with Crippen molar-refractivity contribution in [2.75, 3.05) is 20.8 Å². The monoisotopic (exact) mass is 450 g/mol. The zero-order valence-corrected chi connectivity index (χ0v) is 19.8. The van der Waals surface area contributed by atoms with Crippen LogP contribution in [0.3, 0.4) is 0 Å². The molecule has 2 heterocycles. The van der Waals surface area contributed by atoms with Gasteiger partial charge in [-0.05, 0) is 24.1 Å². The van der Waals surface area contributed by atoms with E-state index >= 15 is 0 Å². The average molecular weight is 451 g/mol. The van der Waals surface area contributed by atoms with Crippen molar-refractivity contribution in [2.24, 2.45) is 11.3 Å². The lowest BCUT2D eigenvalue weighted by atomic mass is 9.72. The van der Waals surface area contributed by atoms with Crippen molar-refractivity contribution in [2.45, 2.75) is 76.5 Å². The molecule has 2 aliphatic rings. The predicted octanol–water partition coefficient (Wildman–Crippen LogP) is 3.07. The van der Waals surface area contributed by atoms with Gasteiger partial charge in [0.2, 0.25) is 0 Å². The SMILES string of the molecule is C=CC[C@@H]1O[C@@]2(C[C@@H](O)[C@@H]1C)O[C@H]([C@H](CO)OC)[C@H](OCc1ccc(OC)cc1)C2(C)C. The molecule has 2 aliphatic heterocycles. The molecule has 0 unspecified atom stereocenters. The van der Waals surface area contributed by atoms with Crippen LogP contribution in [-0.2, 0) is 25.6 Å². The predicted molar refractivity (Wildman–Crippen MR) is 120 cm³/mol. The van der Waals surface area contributed by atoms with E-state index in [0.717, 1.165) is 11.3 Å². The number of rotatable bonds is 9. The molecule has 0 aliphatic carbocycles. The fraction of sp³-hybridized carbons (Fsp3) is 0.680. The smallest absolute Gasteiger partial charge is 0.179 e. The Morgan fingerprint density at radius 2 is 1.91 bits per heavy atom. The Hall–Kier alpha value is -1.48. The van der Waals surface area contributed by atoms with Crippen molar-refractivity contribution in [3.63, 3.8) is 0 Å². The topological polar surface area (TPSA) is 86.6 Å². The van der Waals surface area contributed by atoms with Crippen molar-refractivity contribution in [1.82, 2.24) is 0 Å².